The number of hydrogen-bond donors (Lipinski definition) is 1. The molecule has 8 nitrogen and oxygen atoms in total. The molecular formula is C38H23Br2CuK3N2O6P. The second-order valence-electron chi connectivity index (χ2n) is 10.8. The third kappa shape index (κ3) is 11.4. The van der Waals surface area contributed by atoms with Gasteiger partial charge in [0, 0.05) is 33.4 Å². The van der Waals surface area contributed by atoms with E-state index in [0.717, 1.165) is 70.8 Å². The molecule has 1 N–H and O–H groups in total. The average Bonchev–Trinajstić information content (AvgIpc) is 3.19. The van der Waals surface area contributed by atoms with E-state index in [9.17, 15) is 5.11 Å². The smallest absolute Gasteiger partial charge is 0.137 e. The number of rotatable bonds is 2. The molecule has 15 heteroatoms. The molecule has 3 heterocycles. The summed E-state index contributed by atoms with van der Waals surface area (Å²) in [6.07, 6.45) is 3.64. The van der Waals surface area contributed by atoms with Gasteiger partial charge in [0.25, 0.3) is 0 Å². The van der Waals surface area contributed by atoms with Crippen LogP contribution in [0.2, 0.25) is 0 Å². The van der Waals surface area contributed by atoms with Gasteiger partial charge in [-0.3, -0.25) is 9.97 Å². The molecule has 0 radical (unpaired) electrons. The molecule has 0 bridgehead atoms. The minimum atomic E-state index is -3.15. The zero-order chi connectivity index (χ0) is 37.2. The molecule has 254 valence electrons. The fraction of sp³-hybridized carbons (Fsp3) is 0. The predicted molar refractivity (Wildman–Crippen MR) is 208 cm³/mol. The Bertz CT molecular complexity index is 2530. The molecule has 8 aromatic rings. The van der Waals surface area contributed by atoms with Crippen molar-refractivity contribution in [1.29, 1.82) is 0 Å². The van der Waals surface area contributed by atoms with E-state index < -0.39 is 8.25 Å². The summed E-state index contributed by atoms with van der Waals surface area (Å²) in [6.45, 7) is 0. The molecule has 1 atom stereocenters. The van der Waals surface area contributed by atoms with Crippen LogP contribution in [0.25, 0.3) is 65.6 Å². The van der Waals surface area contributed by atoms with Crippen molar-refractivity contribution in [3.63, 3.8) is 0 Å². The summed E-state index contributed by atoms with van der Waals surface area (Å²) in [5, 5.41) is 27.8. The SMILES string of the molecule is O=[P+]([O-])O[O-].Oc1cc2ccccc2cc1-c1nccc2cccc(Br)c12.[Cu][Br].[K+].[K][K].c1ccc2cc3c(cc2c1)Oc1cccc2ccnc-3c12. The zero-order valence-electron chi connectivity index (χ0n) is 28.6. The van der Waals surface area contributed by atoms with Crippen LogP contribution in [0.4, 0.5) is 0 Å². The molecule has 1 aliphatic heterocycles. The van der Waals surface area contributed by atoms with Gasteiger partial charge < -0.3 is 20.0 Å². The van der Waals surface area contributed by atoms with Gasteiger partial charge in [-0.05, 0) is 85.4 Å². The van der Waals surface area contributed by atoms with Gasteiger partial charge in [-0.1, -0.05) is 88.7 Å². The molecule has 1 unspecified atom stereocenters. The van der Waals surface area contributed by atoms with Crippen molar-refractivity contribution < 1.29 is 94.8 Å². The molecule has 53 heavy (non-hydrogen) atoms. The summed E-state index contributed by atoms with van der Waals surface area (Å²) in [5.74, 6) is 2.01. The summed E-state index contributed by atoms with van der Waals surface area (Å²) in [6, 6.07) is 40.5. The van der Waals surface area contributed by atoms with E-state index in [1.54, 1.807) is 12.3 Å². The van der Waals surface area contributed by atoms with Crippen molar-refractivity contribution >= 4 is 145 Å². The number of nitrogens with zero attached hydrogens (tertiary/aromatic N) is 2. The predicted octanol–water partition coefficient (Wildman–Crippen LogP) is 6.07. The third-order valence-electron chi connectivity index (χ3n) is 8.00. The number of fused-ring (bicyclic) bond motifs is 5. The molecule has 6 aromatic carbocycles. The molecule has 0 saturated carbocycles. The largest absolute Gasteiger partial charge is 0.456 e. The first-order chi connectivity index (χ1) is 25.4. The third-order valence-corrected chi connectivity index (χ3v) is 8.78. The van der Waals surface area contributed by atoms with Crippen LogP contribution in [-0.2, 0) is 23.4 Å². The number of halogens is 2. The fourth-order valence-electron chi connectivity index (χ4n) is 5.90. The normalized spacial score (nSPS) is 10.8. The molecule has 0 spiro atoms. The molecule has 0 aliphatic carbocycles. The van der Waals surface area contributed by atoms with Crippen LogP contribution in [-0.4, -0.2) is 78.2 Å². The molecule has 2 aromatic heterocycles. The Kier molecular flexibility index (Phi) is 20.3. The van der Waals surface area contributed by atoms with Crippen molar-refractivity contribution in [2.24, 2.45) is 0 Å². The van der Waals surface area contributed by atoms with Crippen LogP contribution in [0.15, 0.2) is 138 Å². The Morgan fingerprint density at radius 1 is 0.660 bits per heavy atom. The second-order valence-corrected chi connectivity index (χ2v) is 12.3. The zero-order valence-corrected chi connectivity index (χ0v) is 43.0. The maximum atomic E-state index is 10.5. The van der Waals surface area contributed by atoms with E-state index in [0.29, 0.717) is 0 Å². The second kappa shape index (κ2) is 23.3. The maximum Gasteiger partial charge on any atom is 0.137 e. The van der Waals surface area contributed by atoms with Crippen molar-refractivity contribution in [2.45, 2.75) is 0 Å². The average molecular weight is 975 g/mol. The summed E-state index contributed by atoms with van der Waals surface area (Å²) < 4.78 is 18.4. The van der Waals surface area contributed by atoms with E-state index in [1.807, 2.05) is 85.1 Å². The van der Waals surface area contributed by atoms with Gasteiger partial charge in [0.1, 0.15) is 17.2 Å². The monoisotopic (exact) mass is 972 g/mol. The van der Waals surface area contributed by atoms with Crippen molar-refractivity contribution in [2.75, 3.05) is 0 Å². The Morgan fingerprint density at radius 2 is 1.11 bits per heavy atom. The minimum Gasteiger partial charge on any atom is -0.456 e. The molecule has 9 rings (SSSR count). The number of phenols is 1. The fourth-order valence-corrected chi connectivity index (χ4v) is 6.47. The van der Waals surface area contributed by atoms with Gasteiger partial charge >= 0.3 is 151 Å². The van der Waals surface area contributed by atoms with E-state index in [1.165, 1.54) is 73.9 Å². The Balaban J connectivity index is 0.000000192. The first-order valence-electron chi connectivity index (χ1n) is 15.8. The van der Waals surface area contributed by atoms with Gasteiger partial charge in [0.05, 0.1) is 16.8 Å². The van der Waals surface area contributed by atoms with Crippen molar-refractivity contribution in [1.82, 2.24) is 9.97 Å². The molecule has 1 aliphatic rings. The Hall–Kier alpha value is 0.629. The molecular weight excluding hydrogens is 952 g/mol. The summed E-state index contributed by atoms with van der Waals surface area (Å²) in [5.41, 5.74) is 3.61. The summed E-state index contributed by atoms with van der Waals surface area (Å²) in [7, 11) is -3.15. The number of aromatic nitrogens is 2. The van der Waals surface area contributed by atoms with E-state index >= 15 is 0 Å². The van der Waals surface area contributed by atoms with Crippen molar-refractivity contribution in [3.8, 4) is 39.8 Å². The Morgan fingerprint density at radius 3 is 1.68 bits per heavy atom. The van der Waals surface area contributed by atoms with Crippen molar-refractivity contribution in [3.05, 3.63) is 138 Å². The van der Waals surface area contributed by atoms with Crippen LogP contribution in [0.1, 0.15) is 0 Å². The number of aromatic hydroxyl groups is 1. The summed E-state index contributed by atoms with van der Waals surface area (Å²) >= 11 is 12.6. The van der Waals surface area contributed by atoms with Crippen LogP contribution < -0.4 is 66.3 Å². The first-order valence-corrected chi connectivity index (χ1v) is 36.0. The van der Waals surface area contributed by atoms with E-state index in [4.69, 9.17) is 19.5 Å². The maximum absolute atomic E-state index is 10.5. The van der Waals surface area contributed by atoms with Gasteiger partial charge in [0.15, 0.2) is 0 Å². The quantitative estimate of drug-likeness (QED) is 0.0959. The van der Waals surface area contributed by atoms with Gasteiger partial charge in [-0.25, -0.2) is 4.67 Å². The van der Waals surface area contributed by atoms with E-state index in [2.05, 4.69) is 95.3 Å². The number of phenolic OH excluding ortho intramolecular Hbond substituents is 1. The minimum absolute atomic E-state index is 0. The van der Waals surface area contributed by atoms with Gasteiger partial charge in [-0.2, -0.15) is 0 Å². The topological polar surface area (TPSA) is 128 Å². The van der Waals surface area contributed by atoms with Crippen LogP contribution in [0.5, 0.6) is 17.2 Å². The number of benzene rings is 6. The standard InChI is InChI=1S/C19H12BrNO.C19H11NO.BrH.Cu.3K.HO4P/c20-16-7-3-6-12-8-9-21-19(18(12)16)15-10-13-4-1-2-5-14(13)11-17(15)22;1-2-5-14-11-17-15(10-13(14)4-1)19-18-12(8-9-20-19)6-3-7-16(18)21-17;;;;;;1-4-5(2)3/h1-11,22H;1-11H;1H;;;;;1H/q;;;+1;;;+1;/p-2. The number of ether oxygens (including phenoxy) is 1. The summed E-state index contributed by atoms with van der Waals surface area (Å²) in [4.78, 5) is 18.0. The van der Waals surface area contributed by atoms with Crippen LogP contribution in [0.3, 0.4) is 0 Å². The first kappa shape index (κ1) is 46.3. The van der Waals surface area contributed by atoms with Gasteiger partial charge in [0.2, 0.25) is 0 Å². The number of hydrogen-bond acceptors (Lipinski definition) is 8. The van der Waals surface area contributed by atoms with Crippen LogP contribution in [0, 0.1) is 0 Å². The number of pyridine rings is 2. The molecule has 0 amide bonds. The van der Waals surface area contributed by atoms with E-state index in [-0.39, 0.29) is 57.1 Å². The molecule has 0 saturated heterocycles. The Labute approximate surface area is 418 Å². The van der Waals surface area contributed by atoms with Gasteiger partial charge in [-0.15, -0.1) is 0 Å². The van der Waals surface area contributed by atoms with Crippen LogP contribution >= 0.6 is 38.3 Å². The molecule has 0 fully saturated rings.